The molecule has 0 saturated carbocycles. The molecule has 3 aromatic rings. The molecule has 18 heavy (non-hydrogen) atoms. The normalized spacial score (nSPS) is 10.7. The van der Waals surface area contributed by atoms with Crippen molar-refractivity contribution in [3.05, 3.63) is 40.7 Å². The van der Waals surface area contributed by atoms with E-state index in [9.17, 15) is 0 Å². The van der Waals surface area contributed by atoms with Gasteiger partial charge >= 0.3 is 0 Å². The number of nitrogen functional groups attached to an aromatic ring is 1. The molecule has 1 aromatic carbocycles. The summed E-state index contributed by atoms with van der Waals surface area (Å²) >= 11 is 7.64. The lowest BCUT2D eigenvalue weighted by atomic mass is 10.2. The molecular weight excluding hydrogens is 270 g/mol. The molecule has 0 saturated heterocycles. The van der Waals surface area contributed by atoms with E-state index in [1.807, 2.05) is 17.5 Å². The molecule has 4 nitrogen and oxygen atoms in total. The molecule has 0 bridgehead atoms. The highest BCUT2D eigenvalue weighted by Gasteiger charge is 2.16. The Bertz CT molecular complexity index is 658. The lowest BCUT2D eigenvalue weighted by molar-refractivity contribution is 0.432. The highest BCUT2D eigenvalue weighted by Crippen LogP contribution is 2.33. The summed E-state index contributed by atoms with van der Waals surface area (Å²) in [6.07, 6.45) is 0. The van der Waals surface area contributed by atoms with Gasteiger partial charge in [0.15, 0.2) is 0 Å². The van der Waals surface area contributed by atoms with Gasteiger partial charge in [-0.15, -0.1) is 11.3 Å². The molecule has 0 amide bonds. The van der Waals surface area contributed by atoms with Gasteiger partial charge in [0, 0.05) is 5.69 Å². The Hall–Kier alpha value is -1.85. The molecule has 6 heteroatoms. The summed E-state index contributed by atoms with van der Waals surface area (Å²) in [6.45, 7) is 0. The molecule has 0 atom stereocenters. The SMILES string of the molecule is Nc1cccc(Cl)c1-c1nc(-c2cccs2)no1. The summed E-state index contributed by atoms with van der Waals surface area (Å²) in [6, 6.07) is 9.12. The van der Waals surface area contributed by atoms with E-state index in [2.05, 4.69) is 10.1 Å². The quantitative estimate of drug-likeness (QED) is 0.725. The van der Waals surface area contributed by atoms with Gasteiger partial charge in [-0.25, -0.2) is 0 Å². The van der Waals surface area contributed by atoms with E-state index in [0.29, 0.717) is 28.0 Å². The lowest BCUT2D eigenvalue weighted by Crippen LogP contribution is -1.90. The number of halogens is 1. The first-order chi connectivity index (χ1) is 8.75. The highest BCUT2D eigenvalue weighted by atomic mass is 35.5. The van der Waals surface area contributed by atoms with Gasteiger partial charge in [-0.1, -0.05) is 28.9 Å². The van der Waals surface area contributed by atoms with E-state index in [1.165, 1.54) is 0 Å². The number of benzene rings is 1. The number of thiophene rings is 1. The Kier molecular flexibility index (Phi) is 2.77. The molecule has 0 aliphatic carbocycles. The van der Waals surface area contributed by atoms with Crippen molar-refractivity contribution in [2.24, 2.45) is 0 Å². The molecule has 2 heterocycles. The van der Waals surface area contributed by atoms with Crippen LogP contribution in [0.2, 0.25) is 5.02 Å². The number of hydrogen-bond donors (Lipinski definition) is 1. The van der Waals surface area contributed by atoms with Gasteiger partial charge in [0.1, 0.15) is 0 Å². The molecule has 2 aromatic heterocycles. The van der Waals surface area contributed by atoms with Crippen LogP contribution in [0.1, 0.15) is 0 Å². The lowest BCUT2D eigenvalue weighted by Gasteiger charge is -2.01. The van der Waals surface area contributed by atoms with Crippen LogP contribution < -0.4 is 5.73 Å². The van der Waals surface area contributed by atoms with Gasteiger partial charge < -0.3 is 10.3 Å². The van der Waals surface area contributed by atoms with E-state index < -0.39 is 0 Å². The second-order valence-electron chi connectivity index (χ2n) is 3.60. The van der Waals surface area contributed by atoms with Crippen molar-refractivity contribution >= 4 is 28.6 Å². The van der Waals surface area contributed by atoms with Gasteiger partial charge in [-0.05, 0) is 23.6 Å². The van der Waals surface area contributed by atoms with Crippen molar-refractivity contribution in [1.82, 2.24) is 10.1 Å². The van der Waals surface area contributed by atoms with Crippen molar-refractivity contribution in [2.75, 3.05) is 5.73 Å². The average Bonchev–Trinajstić information content (AvgIpc) is 2.99. The summed E-state index contributed by atoms with van der Waals surface area (Å²) in [5.74, 6) is 0.876. The topological polar surface area (TPSA) is 64.9 Å². The van der Waals surface area contributed by atoms with Gasteiger partial charge in [0.05, 0.1) is 15.5 Å². The minimum absolute atomic E-state index is 0.335. The third kappa shape index (κ3) is 1.87. The fourth-order valence-electron chi connectivity index (χ4n) is 1.60. The van der Waals surface area contributed by atoms with Crippen molar-refractivity contribution in [1.29, 1.82) is 0 Å². The van der Waals surface area contributed by atoms with Crippen molar-refractivity contribution in [2.45, 2.75) is 0 Å². The van der Waals surface area contributed by atoms with Crippen LogP contribution >= 0.6 is 22.9 Å². The standard InChI is InChI=1S/C12H8ClN3OS/c13-7-3-1-4-8(14)10(7)12-15-11(16-17-12)9-5-2-6-18-9/h1-6H,14H2. The number of nitrogens with two attached hydrogens (primary N) is 1. The zero-order valence-electron chi connectivity index (χ0n) is 9.13. The van der Waals surface area contributed by atoms with E-state index >= 15 is 0 Å². The summed E-state index contributed by atoms with van der Waals surface area (Å²) < 4.78 is 5.22. The number of rotatable bonds is 2. The summed E-state index contributed by atoms with van der Waals surface area (Å²) in [5, 5.41) is 6.38. The molecule has 90 valence electrons. The third-order valence-electron chi connectivity index (χ3n) is 2.43. The Morgan fingerprint density at radius 3 is 2.83 bits per heavy atom. The van der Waals surface area contributed by atoms with Crippen LogP contribution in [0.4, 0.5) is 5.69 Å². The van der Waals surface area contributed by atoms with Crippen LogP contribution in [0.5, 0.6) is 0 Å². The number of nitrogens with zero attached hydrogens (tertiary/aromatic N) is 2. The van der Waals surface area contributed by atoms with E-state index in [1.54, 1.807) is 29.5 Å². The van der Waals surface area contributed by atoms with E-state index in [-0.39, 0.29) is 0 Å². The second-order valence-corrected chi connectivity index (χ2v) is 4.96. The smallest absolute Gasteiger partial charge is 0.261 e. The molecule has 0 aliphatic rings. The van der Waals surface area contributed by atoms with E-state index in [4.69, 9.17) is 21.9 Å². The minimum Gasteiger partial charge on any atom is -0.398 e. The second kappa shape index (κ2) is 4.44. The monoisotopic (exact) mass is 277 g/mol. The third-order valence-corrected chi connectivity index (χ3v) is 3.61. The molecular formula is C12H8ClN3OS. The summed E-state index contributed by atoms with van der Waals surface area (Å²) in [4.78, 5) is 5.25. The van der Waals surface area contributed by atoms with Crippen LogP contribution in [0.3, 0.4) is 0 Å². The van der Waals surface area contributed by atoms with Crippen molar-refractivity contribution in [3.63, 3.8) is 0 Å². The zero-order valence-corrected chi connectivity index (χ0v) is 10.7. The van der Waals surface area contributed by atoms with Crippen LogP contribution in [-0.2, 0) is 0 Å². The Balaban J connectivity index is 2.09. The van der Waals surface area contributed by atoms with Gasteiger partial charge in [0.2, 0.25) is 5.82 Å². The molecule has 0 aliphatic heterocycles. The van der Waals surface area contributed by atoms with Crippen LogP contribution in [-0.4, -0.2) is 10.1 Å². The molecule has 0 radical (unpaired) electrons. The molecule has 0 spiro atoms. The first kappa shape index (κ1) is 11.3. The van der Waals surface area contributed by atoms with Crippen molar-refractivity contribution < 1.29 is 4.52 Å². The largest absolute Gasteiger partial charge is 0.398 e. The van der Waals surface area contributed by atoms with Gasteiger partial charge in [0.25, 0.3) is 5.89 Å². The molecule has 3 rings (SSSR count). The Labute approximate surface area is 112 Å². The van der Waals surface area contributed by atoms with Crippen LogP contribution in [0.25, 0.3) is 22.2 Å². The van der Waals surface area contributed by atoms with Gasteiger partial charge in [-0.2, -0.15) is 4.98 Å². The highest BCUT2D eigenvalue weighted by molar-refractivity contribution is 7.13. The summed E-state index contributed by atoms with van der Waals surface area (Å²) in [7, 11) is 0. The fourth-order valence-corrected chi connectivity index (χ4v) is 2.51. The van der Waals surface area contributed by atoms with Crippen molar-refractivity contribution in [3.8, 4) is 22.2 Å². The Morgan fingerprint density at radius 1 is 1.22 bits per heavy atom. The Morgan fingerprint density at radius 2 is 2.11 bits per heavy atom. The number of anilines is 1. The molecule has 0 unspecified atom stereocenters. The predicted molar refractivity (Wildman–Crippen MR) is 72.5 cm³/mol. The van der Waals surface area contributed by atoms with Crippen LogP contribution in [0, 0.1) is 0 Å². The molecule has 2 N–H and O–H groups in total. The maximum absolute atomic E-state index is 6.09. The number of hydrogen-bond acceptors (Lipinski definition) is 5. The van der Waals surface area contributed by atoms with Crippen LogP contribution in [0.15, 0.2) is 40.2 Å². The predicted octanol–water partition coefficient (Wildman–Crippen LogP) is 3.70. The maximum Gasteiger partial charge on any atom is 0.261 e. The molecule has 0 fully saturated rings. The summed E-state index contributed by atoms with van der Waals surface area (Å²) in [5.41, 5.74) is 6.97. The fraction of sp³-hybridized carbons (Fsp3) is 0. The number of aromatic nitrogens is 2. The first-order valence-electron chi connectivity index (χ1n) is 5.17. The average molecular weight is 278 g/mol. The zero-order chi connectivity index (χ0) is 12.5. The van der Waals surface area contributed by atoms with E-state index in [0.717, 1.165) is 4.88 Å². The first-order valence-corrected chi connectivity index (χ1v) is 6.43. The minimum atomic E-state index is 0.335. The maximum atomic E-state index is 6.09. The van der Waals surface area contributed by atoms with Gasteiger partial charge in [-0.3, -0.25) is 0 Å².